The molecule has 8 heteroatoms. The number of benzene rings is 4. The Hall–Kier alpha value is -4.98. The van der Waals surface area contributed by atoms with Gasteiger partial charge in [-0.25, -0.2) is 4.39 Å². The highest BCUT2D eigenvalue weighted by Gasteiger charge is 2.62. The van der Waals surface area contributed by atoms with Crippen LogP contribution in [0.15, 0.2) is 109 Å². The van der Waals surface area contributed by atoms with Gasteiger partial charge >= 0.3 is 0 Å². The van der Waals surface area contributed by atoms with Gasteiger partial charge in [0.15, 0.2) is 0 Å². The van der Waals surface area contributed by atoms with E-state index in [1.54, 1.807) is 12.1 Å². The van der Waals surface area contributed by atoms with Crippen molar-refractivity contribution < 1.29 is 23.5 Å². The highest BCUT2D eigenvalue weighted by molar-refractivity contribution is 5.99. The molecule has 0 heterocycles. The number of rotatable bonds is 12. The molecular formula is C35H34FN3O4. The third-order valence-electron chi connectivity index (χ3n) is 7.79. The van der Waals surface area contributed by atoms with E-state index in [0.717, 1.165) is 27.5 Å². The summed E-state index contributed by atoms with van der Waals surface area (Å²) >= 11 is 0. The molecule has 1 aliphatic carbocycles. The van der Waals surface area contributed by atoms with Crippen LogP contribution in [0.25, 0.3) is 10.8 Å². The van der Waals surface area contributed by atoms with Crippen molar-refractivity contribution in [1.29, 1.82) is 0 Å². The molecule has 3 atom stereocenters. The van der Waals surface area contributed by atoms with Gasteiger partial charge in [-0.3, -0.25) is 14.4 Å². The van der Waals surface area contributed by atoms with E-state index in [4.69, 9.17) is 4.74 Å². The second kappa shape index (κ2) is 13.3. The molecule has 5 rings (SSSR count). The maximum atomic E-state index is 13.8. The number of carbonyl (C=O) groups is 3. The van der Waals surface area contributed by atoms with Gasteiger partial charge in [-0.05, 0) is 58.5 Å². The summed E-state index contributed by atoms with van der Waals surface area (Å²) in [7, 11) is 1.44. The SMILES string of the molecule is CO/C=C/C(NC(=O)CCc1ccccc1)C(=O)NC1(C(=O)NCc2cccc3ccccc23)CC1c1ccc(F)cc1. The van der Waals surface area contributed by atoms with Crippen molar-refractivity contribution in [1.82, 2.24) is 16.0 Å². The van der Waals surface area contributed by atoms with E-state index in [0.29, 0.717) is 12.8 Å². The minimum absolute atomic E-state index is 0.184. The maximum absolute atomic E-state index is 13.8. The number of fused-ring (bicyclic) bond motifs is 1. The van der Waals surface area contributed by atoms with Crippen molar-refractivity contribution in [3.8, 4) is 0 Å². The van der Waals surface area contributed by atoms with Crippen molar-refractivity contribution in [3.05, 3.63) is 132 Å². The first-order valence-corrected chi connectivity index (χ1v) is 14.2. The summed E-state index contributed by atoms with van der Waals surface area (Å²) in [5.41, 5.74) is 1.41. The highest BCUT2D eigenvalue weighted by Crippen LogP contribution is 2.52. The molecule has 4 aromatic rings. The number of carbonyl (C=O) groups excluding carboxylic acids is 3. The summed E-state index contributed by atoms with van der Waals surface area (Å²) in [5.74, 6) is -1.97. The molecule has 0 aliphatic heterocycles. The molecule has 0 bridgehead atoms. The fourth-order valence-corrected chi connectivity index (χ4v) is 5.39. The minimum Gasteiger partial charge on any atom is -0.505 e. The molecule has 220 valence electrons. The van der Waals surface area contributed by atoms with Gasteiger partial charge in [-0.1, -0.05) is 84.9 Å². The summed E-state index contributed by atoms with van der Waals surface area (Å²) < 4.78 is 18.7. The van der Waals surface area contributed by atoms with Gasteiger partial charge < -0.3 is 20.7 Å². The normalized spacial score (nSPS) is 18.1. The summed E-state index contributed by atoms with van der Waals surface area (Å²) in [6.07, 6.45) is 3.78. The zero-order chi connectivity index (χ0) is 30.2. The van der Waals surface area contributed by atoms with Crippen LogP contribution in [0.5, 0.6) is 0 Å². The molecule has 7 nitrogen and oxygen atoms in total. The molecule has 43 heavy (non-hydrogen) atoms. The Morgan fingerprint density at radius 3 is 2.44 bits per heavy atom. The molecule has 0 spiro atoms. The summed E-state index contributed by atoms with van der Waals surface area (Å²) in [6, 6.07) is 28.3. The van der Waals surface area contributed by atoms with Crippen molar-refractivity contribution in [3.63, 3.8) is 0 Å². The van der Waals surface area contributed by atoms with Crippen molar-refractivity contribution in [2.24, 2.45) is 0 Å². The number of hydrogen-bond acceptors (Lipinski definition) is 4. The van der Waals surface area contributed by atoms with E-state index in [2.05, 4.69) is 16.0 Å². The van der Waals surface area contributed by atoms with E-state index < -0.39 is 17.5 Å². The first kappa shape index (κ1) is 29.5. The van der Waals surface area contributed by atoms with Crippen LogP contribution in [-0.4, -0.2) is 36.4 Å². The molecule has 1 fully saturated rings. The topological polar surface area (TPSA) is 96.5 Å². The molecular weight excluding hydrogens is 545 g/mol. The van der Waals surface area contributed by atoms with Gasteiger partial charge in [0.2, 0.25) is 17.7 Å². The quantitative estimate of drug-likeness (QED) is 0.208. The fraction of sp³-hybridized carbons (Fsp3) is 0.229. The van der Waals surface area contributed by atoms with Crippen LogP contribution in [0.3, 0.4) is 0 Å². The molecule has 0 radical (unpaired) electrons. The maximum Gasteiger partial charge on any atom is 0.247 e. The van der Waals surface area contributed by atoms with Crippen LogP contribution >= 0.6 is 0 Å². The Balaban J connectivity index is 1.33. The van der Waals surface area contributed by atoms with Gasteiger partial charge in [0.25, 0.3) is 0 Å². The number of methoxy groups -OCH3 is 1. The van der Waals surface area contributed by atoms with Gasteiger partial charge in [0, 0.05) is 18.9 Å². The number of amides is 3. The second-order valence-corrected chi connectivity index (χ2v) is 10.7. The first-order chi connectivity index (χ1) is 20.9. The molecule has 0 saturated heterocycles. The van der Waals surface area contributed by atoms with Gasteiger partial charge in [0.05, 0.1) is 13.4 Å². The van der Waals surface area contributed by atoms with Crippen LogP contribution in [0.1, 0.15) is 35.4 Å². The number of nitrogens with one attached hydrogen (secondary N) is 3. The lowest BCUT2D eigenvalue weighted by Crippen LogP contribution is -2.55. The average molecular weight is 580 g/mol. The third kappa shape index (κ3) is 7.09. The van der Waals surface area contributed by atoms with Gasteiger partial charge in [-0.2, -0.15) is 0 Å². The van der Waals surface area contributed by atoms with E-state index in [1.807, 2.05) is 72.8 Å². The third-order valence-corrected chi connectivity index (χ3v) is 7.79. The highest BCUT2D eigenvalue weighted by atomic mass is 19.1. The van der Waals surface area contributed by atoms with E-state index in [9.17, 15) is 18.8 Å². The Bertz CT molecular complexity index is 1620. The molecule has 3 amide bonds. The lowest BCUT2D eigenvalue weighted by atomic mass is 10.0. The van der Waals surface area contributed by atoms with Crippen LogP contribution < -0.4 is 16.0 Å². The minimum atomic E-state index is -1.27. The largest absolute Gasteiger partial charge is 0.505 e. The molecule has 4 aromatic carbocycles. The summed E-state index contributed by atoms with van der Waals surface area (Å²) in [4.78, 5) is 40.3. The Morgan fingerprint density at radius 1 is 0.953 bits per heavy atom. The summed E-state index contributed by atoms with van der Waals surface area (Å²) in [6.45, 7) is 0.261. The summed E-state index contributed by atoms with van der Waals surface area (Å²) in [5, 5.41) is 10.8. The second-order valence-electron chi connectivity index (χ2n) is 10.7. The first-order valence-electron chi connectivity index (χ1n) is 14.2. The van der Waals surface area contributed by atoms with Crippen molar-refractivity contribution >= 4 is 28.5 Å². The van der Waals surface area contributed by atoms with E-state index >= 15 is 0 Å². The van der Waals surface area contributed by atoms with Gasteiger partial charge in [-0.15, -0.1) is 0 Å². The lowest BCUT2D eigenvalue weighted by molar-refractivity contribution is -0.132. The average Bonchev–Trinajstić information content (AvgIpc) is 3.76. The Morgan fingerprint density at radius 2 is 1.67 bits per heavy atom. The van der Waals surface area contributed by atoms with Gasteiger partial charge in [0.1, 0.15) is 17.4 Å². The van der Waals surface area contributed by atoms with Crippen LogP contribution in [0, 0.1) is 5.82 Å². The smallest absolute Gasteiger partial charge is 0.247 e. The van der Waals surface area contributed by atoms with E-state index in [-0.39, 0.29) is 36.5 Å². The fourth-order valence-electron chi connectivity index (χ4n) is 5.39. The van der Waals surface area contributed by atoms with E-state index in [1.165, 1.54) is 31.6 Å². The number of ether oxygens (including phenoxy) is 1. The molecule has 0 aromatic heterocycles. The monoisotopic (exact) mass is 579 g/mol. The molecule has 3 N–H and O–H groups in total. The zero-order valence-electron chi connectivity index (χ0n) is 23.9. The molecule has 3 unspecified atom stereocenters. The van der Waals surface area contributed by atoms with Crippen LogP contribution in [0.2, 0.25) is 0 Å². The predicted molar refractivity (Wildman–Crippen MR) is 163 cm³/mol. The molecule has 1 saturated carbocycles. The van der Waals surface area contributed by atoms with Crippen LogP contribution in [-0.2, 0) is 32.1 Å². The number of aryl methyl sites for hydroxylation is 1. The zero-order valence-corrected chi connectivity index (χ0v) is 23.9. The predicted octanol–water partition coefficient (Wildman–Crippen LogP) is 4.92. The van der Waals surface area contributed by atoms with Crippen LogP contribution in [0.4, 0.5) is 4.39 Å². The Labute approximate surface area is 250 Å². The number of hydrogen-bond donors (Lipinski definition) is 3. The van der Waals surface area contributed by atoms with Crippen molar-refractivity contribution in [2.75, 3.05) is 7.11 Å². The molecule has 1 aliphatic rings. The Kier molecular flexibility index (Phi) is 9.15. The lowest BCUT2D eigenvalue weighted by Gasteiger charge is -2.23. The standard InChI is InChI=1S/C35H34FN3O4/c1-43-21-20-31(38-32(40)19-14-24-8-3-2-4-9-24)33(41)39-35(22-30(35)26-15-17-28(36)18-16-26)34(42)37-23-27-12-7-11-25-10-5-6-13-29(25)27/h2-13,15-18,20-21,30-31H,14,19,22-23H2,1H3,(H,37,42)(H,38,40)(H,39,41)/b21-20+. The number of halogens is 1. The van der Waals surface area contributed by atoms with Crippen molar-refractivity contribution in [2.45, 2.75) is 43.3 Å².